The lowest BCUT2D eigenvalue weighted by atomic mass is 10.0. The predicted octanol–water partition coefficient (Wildman–Crippen LogP) is 21.8. The molecular formula is C110H117Cl8N19O6. The number of aromatic nitrogens is 8. The third kappa shape index (κ3) is 29.8. The van der Waals surface area contributed by atoms with E-state index < -0.39 is 5.60 Å². The van der Waals surface area contributed by atoms with Crippen LogP contribution < -0.4 is 27.4 Å². The number of nitrogens with one attached hydrogen (secondary N) is 4. The number of esters is 1. The summed E-state index contributed by atoms with van der Waals surface area (Å²) < 4.78 is 12.2. The molecule has 4 aromatic heterocycles. The van der Waals surface area contributed by atoms with Gasteiger partial charge in [0.2, 0.25) is 0 Å². The molecule has 0 aliphatic carbocycles. The lowest BCUT2D eigenvalue weighted by Crippen LogP contribution is -2.45. The average Bonchev–Trinajstić information content (AvgIpc) is 1.53. The third-order valence-electron chi connectivity index (χ3n) is 23.7. The molecule has 0 saturated carbocycles. The fourth-order valence-corrected chi connectivity index (χ4v) is 18.6. The smallest absolute Gasteiger partial charge is 0.307 e. The summed E-state index contributed by atoms with van der Waals surface area (Å²) in [7, 11) is 7.95. The molecule has 0 bridgehead atoms. The van der Waals surface area contributed by atoms with Crippen LogP contribution in [0.1, 0.15) is 197 Å². The van der Waals surface area contributed by atoms with Crippen LogP contribution in [0.5, 0.6) is 0 Å². The van der Waals surface area contributed by atoms with E-state index in [0.29, 0.717) is 112 Å². The van der Waals surface area contributed by atoms with Crippen LogP contribution in [0.15, 0.2) is 170 Å². The Balaban J connectivity index is 0.000000160. The maximum absolute atomic E-state index is 13.3. The minimum atomic E-state index is -0.505. The third-order valence-corrected chi connectivity index (χ3v) is 25.8. The molecule has 0 unspecified atom stereocenters. The van der Waals surface area contributed by atoms with Crippen LogP contribution in [-0.2, 0) is 9.53 Å². The first-order valence-electron chi connectivity index (χ1n) is 47.7. The molecule has 8 heterocycles. The monoisotopic (exact) mass is 2080 g/mol. The Morgan fingerprint density at radius 2 is 0.573 bits per heavy atom. The number of nitrogens with two attached hydrogens (primary N) is 1. The van der Waals surface area contributed by atoms with Crippen molar-refractivity contribution >= 4 is 122 Å². The molecule has 744 valence electrons. The van der Waals surface area contributed by atoms with Gasteiger partial charge in [-0.2, -0.15) is 20.4 Å². The van der Waals surface area contributed by atoms with Gasteiger partial charge >= 0.3 is 5.97 Å². The van der Waals surface area contributed by atoms with Gasteiger partial charge in [0, 0.05) is 146 Å². The van der Waals surface area contributed by atoms with Crippen molar-refractivity contribution in [2.75, 3.05) is 100 Å². The first kappa shape index (κ1) is 108. The van der Waals surface area contributed by atoms with Crippen molar-refractivity contribution in [1.29, 1.82) is 0 Å². The van der Waals surface area contributed by atoms with E-state index in [1.807, 2.05) is 216 Å². The predicted molar refractivity (Wildman–Crippen MR) is 575 cm³/mol. The number of hydrazine groups is 4. The van der Waals surface area contributed by atoms with Crippen LogP contribution in [-0.4, -0.2) is 204 Å². The van der Waals surface area contributed by atoms with Gasteiger partial charge in [0.05, 0.1) is 91.7 Å². The molecule has 4 saturated heterocycles. The summed E-state index contributed by atoms with van der Waals surface area (Å²) >= 11 is 50.7. The van der Waals surface area contributed by atoms with Crippen LogP contribution in [0.25, 0.3) is 67.8 Å². The molecule has 0 spiro atoms. The standard InChI is InChI=1S/C31H34Cl2N4O3.2C27H29Cl2N5O.C25H25Cl2N5O/c1-21-28(30(39)35-36-18-8-5-9-19-36)34-37(26-17-16-24(32)20-25(26)33)29(21)23-14-12-22(13-15-23)10-6-7-11-27(38)40-31(2,3)4;2*1-19-25(27(35)31-33-16-5-4-6-17-33)30-34(24-14-13-22(28)18-23(24)29)26(19)21-11-9-20(10-12-21)8-7-15-32(2)3;1-17-23(25(33)30-31-14-3-2-4-15-31)29-32(22-12-11-20(26)16-21(22)27)24(17)19-9-7-18(8-10-19)6-5-13-28/h12-17,20H,5,7-9,11,18-19H2,1-4H3,(H,35,39);2*9-14,18H,4-6,15-17H2,1-3H3,(H,31,35);7-12,16H,2-4,13-15,28H2,1H3,(H,30,33). The fraction of sp³-hybridized carbons (Fsp3) is 0.336. The van der Waals surface area contributed by atoms with Crippen molar-refractivity contribution < 1.29 is 28.7 Å². The molecule has 4 aliphatic rings. The number of amides is 4. The molecule has 4 amide bonds. The van der Waals surface area contributed by atoms with Gasteiger partial charge in [0.25, 0.3) is 23.6 Å². The van der Waals surface area contributed by atoms with Crippen LogP contribution in [0.2, 0.25) is 40.2 Å². The van der Waals surface area contributed by atoms with E-state index in [9.17, 15) is 24.0 Å². The summed E-state index contributed by atoms with van der Waals surface area (Å²) in [5, 5.41) is 30.6. The van der Waals surface area contributed by atoms with Crippen LogP contribution in [0.3, 0.4) is 0 Å². The highest BCUT2D eigenvalue weighted by Gasteiger charge is 2.32. The highest BCUT2D eigenvalue weighted by atomic mass is 35.5. The number of nitrogens with zero attached hydrogens (tertiary/aromatic N) is 14. The first-order valence-corrected chi connectivity index (χ1v) is 50.7. The zero-order valence-electron chi connectivity index (χ0n) is 82.2. The fourth-order valence-electron chi connectivity index (χ4n) is 16.6. The Bertz CT molecular complexity index is 6620. The Morgan fingerprint density at radius 1 is 0.343 bits per heavy atom. The topological polar surface area (TPSA) is 259 Å². The SMILES string of the molecule is Cc1c(C(=O)NN2CCCCC2)nn(-c2ccc(Cl)cc2Cl)c1-c1ccc(C#CCCC(=O)OC(C)(C)C)cc1.Cc1c(C(=O)NN2CCCCC2)nn(-c2ccc(Cl)cc2Cl)c1-c1ccc(C#CCN(C)C)cc1.Cc1c(C(=O)NN2CCCCC2)nn(-c2ccc(Cl)cc2Cl)c1-c1ccc(C#CCN(C)C)cc1.Cc1c(C(=O)NN2CCCCC2)nn(-c2ccc(Cl)cc2Cl)c1-c1ccc(C#CCN)cc1. The zero-order valence-corrected chi connectivity index (χ0v) is 88.2. The Morgan fingerprint density at radius 3 is 0.790 bits per heavy atom. The van der Waals surface area contributed by atoms with E-state index >= 15 is 0 Å². The minimum Gasteiger partial charge on any atom is -0.460 e. The van der Waals surface area contributed by atoms with Crippen molar-refractivity contribution in [3.05, 3.63) is 277 Å². The second kappa shape index (κ2) is 51.6. The molecule has 25 nitrogen and oxygen atoms in total. The number of rotatable bonds is 20. The molecule has 6 N–H and O–H groups in total. The number of carbonyl (C=O) groups excluding carboxylic acids is 5. The second-order valence-electron chi connectivity index (χ2n) is 36.6. The molecule has 4 aliphatic heterocycles. The maximum Gasteiger partial charge on any atom is 0.307 e. The van der Waals surface area contributed by atoms with E-state index in [2.05, 4.69) is 69.1 Å². The number of hydrogen-bond acceptors (Lipinski definition) is 17. The number of benzene rings is 8. The molecule has 8 aromatic carbocycles. The van der Waals surface area contributed by atoms with Crippen molar-refractivity contribution in [2.45, 2.75) is 144 Å². The van der Waals surface area contributed by atoms with Crippen molar-refractivity contribution in [3.8, 4) is 115 Å². The summed E-state index contributed by atoms with van der Waals surface area (Å²) in [4.78, 5) is 68.9. The zero-order chi connectivity index (χ0) is 102. The summed E-state index contributed by atoms with van der Waals surface area (Å²) in [6, 6.07) is 52.3. The summed E-state index contributed by atoms with van der Waals surface area (Å²) in [5.74, 6) is 23.5. The van der Waals surface area contributed by atoms with E-state index in [4.69, 9.17) is 124 Å². The number of piperidine rings is 4. The normalized spacial score (nSPS) is 13.9. The van der Waals surface area contributed by atoms with Crippen molar-refractivity contribution in [3.63, 3.8) is 0 Å². The maximum atomic E-state index is 13.3. The molecule has 0 atom stereocenters. The van der Waals surface area contributed by atoms with Crippen LogP contribution in [0.4, 0.5) is 0 Å². The number of halogens is 8. The highest BCUT2D eigenvalue weighted by molar-refractivity contribution is 6.37. The van der Waals surface area contributed by atoms with Crippen LogP contribution in [0, 0.1) is 75.1 Å². The van der Waals surface area contributed by atoms with E-state index in [1.54, 1.807) is 79.4 Å². The summed E-state index contributed by atoms with van der Waals surface area (Å²) in [5.41, 5.74) is 34.3. The molecule has 12 aromatic rings. The molecule has 0 radical (unpaired) electrons. The summed E-state index contributed by atoms with van der Waals surface area (Å²) in [6.45, 7) is 21.5. The van der Waals surface area contributed by atoms with Crippen molar-refractivity contribution in [2.24, 2.45) is 5.73 Å². The van der Waals surface area contributed by atoms with Gasteiger partial charge in [-0.25, -0.2) is 38.8 Å². The number of hydrogen-bond donors (Lipinski definition) is 5. The van der Waals surface area contributed by atoms with Crippen molar-refractivity contribution in [1.82, 2.24) is 90.7 Å². The first-order chi connectivity index (χ1) is 68.6. The van der Waals surface area contributed by atoms with Crippen LogP contribution >= 0.6 is 92.8 Å². The van der Waals surface area contributed by atoms with E-state index in [-0.39, 0.29) is 36.0 Å². The Kier molecular flexibility index (Phi) is 39.2. The Hall–Kier alpha value is -11.8. The van der Waals surface area contributed by atoms with Gasteiger partial charge < -0.3 is 10.5 Å². The Labute approximate surface area is 877 Å². The average molecular weight is 2080 g/mol. The molecule has 143 heavy (non-hydrogen) atoms. The molecule has 4 fully saturated rings. The van der Waals surface area contributed by atoms with Gasteiger partial charge in [-0.05, 0) is 249 Å². The largest absolute Gasteiger partial charge is 0.460 e. The molecular weight excluding hydrogens is 1970 g/mol. The van der Waals surface area contributed by atoms with Gasteiger partial charge in [0.1, 0.15) is 5.60 Å². The second-order valence-corrected chi connectivity index (χ2v) is 39.9. The number of ether oxygens (including phenoxy) is 1. The van der Waals surface area contributed by atoms with Gasteiger partial charge in [-0.3, -0.25) is 55.5 Å². The lowest BCUT2D eigenvalue weighted by Gasteiger charge is -2.26. The lowest BCUT2D eigenvalue weighted by molar-refractivity contribution is -0.154. The van der Waals surface area contributed by atoms with E-state index in [1.165, 1.54) is 25.7 Å². The minimum absolute atomic E-state index is 0.222. The number of carbonyl (C=O) groups is 5. The summed E-state index contributed by atoms with van der Waals surface area (Å²) in [6.07, 6.45) is 13.9. The highest BCUT2D eigenvalue weighted by Crippen LogP contribution is 2.40. The van der Waals surface area contributed by atoms with Gasteiger partial charge in [-0.15, -0.1) is 0 Å². The quantitative estimate of drug-likeness (QED) is 0.0351. The molecule has 16 rings (SSSR count). The molecule has 33 heteroatoms. The van der Waals surface area contributed by atoms with E-state index in [0.717, 1.165) is 193 Å². The van der Waals surface area contributed by atoms with Gasteiger partial charge in [0.15, 0.2) is 22.8 Å². The van der Waals surface area contributed by atoms with Gasteiger partial charge in [-0.1, -0.05) is 214 Å².